The van der Waals surface area contributed by atoms with Crippen molar-refractivity contribution < 1.29 is 14.7 Å². The van der Waals surface area contributed by atoms with Gasteiger partial charge in [-0.3, -0.25) is 9.59 Å². The molecule has 0 aliphatic carbocycles. The molecule has 0 radical (unpaired) electrons. The van der Waals surface area contributed by atoms with Crippen molar-refractivity contribution >= 4 is 17.6 Å². The number of carboxylic acid groups (broad SMARTS) is 1. The molecular weight excluding hydrogens is 206 g/mol. The summed E-state index contributed by atoms with van der Waals surface area (Å²) in [5.41, 5.74) is 2.63. The molecule has 0 aliphatic rings. The molecule has 0 fully saturated rings. The fourth-order valence-corrected chi connectivity index (χ4v) is 1.40. The molecule has 0 spiro atoms. The van der Waals surface area contributed by atoms with Crippen molar-refractivity contribution in [3.63, 3.8) is 0 Å². The minimum Gasteiger partial charge on any atom is -0.481 e. The number of hydrogen-bond donors (Lipinski definition) is 2. The molecule has 0 aliphatic heterocycles. The molecule has 0 saturated heterocycles. The summed E-state index contributed by atoms with van der Waals surface area (Å²) in [7, 11) is 0. The zero-order chi connectivity index (χ0) is 12.1. The second-order valence-electron chi connectivity index (χ2n) is 3.72. The van der Waals surface area contributed by atoms with Gasteiger partial charge in [0.15, 0.2) is 0 Å². The van der Waals surface area contributed by atoms with Gasteiger partial charge in [0.2, 0.25) is 5.91 Å². The van der Waals surface area contributed by atoms with Gasteiger partial charge in [0.05, 0.1) is 0 Å². The minimum atomic E-state index is -0.818. The van der Waals surface area contributed by atoms with Crippen LogP contribution in [0.5, 0.6) is 0 Å². The van der Waals surface area contributed by atoms with E-state index in [1.54, 1.807) is 0 Å². The van der Waals surface area contributed by atoms with Crippen LogP contribution in [0.25, 0.3) is 0 Å². The number of amides is 1. The number of carbonyl (C=O) groups is 2. The van der Waals surface area contributed by atoms with Crippen molar-refractivity contribution in [3.05, 3.63) is 29.3 Å². The molecule has 0 bridgehead atoms. The molecule has 1 aromatic rings. The summed E-state index contributed by atoms with van der Waals surface area (Å²) in [6, 6.07) is 5.58. The van der Waals surface area contributed by atoms with E-state index < -0.39 is 5.97 Å². The second-order valence-corrected chi connectivity index (χ2v) is 3.72. The largest absolute Gasteiger partial charge is 0.481 e. The number of aryl methyl sites for hydroxylation is 2. The minimum absolute atomic E-state index is 0.0998. The van der Waals surface area contributed by atoms with E-state index in [2.05, 4.69) is 5.32 Å². The van der Waals surface area contributed by atoms with Crippen LogP contribution in [0.15, 0.2) is 18.2 Å². The third-order valence-electron chi connectivity index (χ3n) is 2.24. The standard InChI is InChI=1S/C12H15NO3/c1-8-3-4-10(5-6-12(15)16)7-11(8)13-9(2)14/h3-4,7H,5-6H2,1-2H3,(H,13,14)(H,15,16). The quantitative estimate of drug-likeness (QED) is 0.816. The Morgan fingerprint density at radius 2 is 2.06 bits per heavy atom. The lowest BCUT2D eigenvalue weighted by atomic mass is 10.1. The number of carbonyl (C=O) groups excluding carboxylic acids is 1. The third kappa shape index (κ3) is 3.73. The van der Waals surface area contributed by atoms with Gasteiger partial charge in [-0.15, -0.1) is 0 Å². The van der Waals surface area contributed by atoms with Crippen molar-refractivity contribution in [2.75, 3.05) is 5.32 Å². The lowest BCUT2D eigenvalue weighted by Gasteiger charge is -2.08. The fourth-order valence-electron chi connectivity index (χ4n) is 1.40. The average molecular weight is 221 g/mol. The van der Waals surface area contributed by atoms with Crippen LogP contribution in [0.1, 0.15) is 24.5 Å². The van der Waals surface area contributed by atoms with Gasteiger partial charge in [0.25, 0.3) is 0 Å². The van der Waals surface area contributed by atoms with Crippen LogP contribution >= 0.6 is 0 Å². The first-order valence-corrected chi connectivity index (χ1v) is 5.08. The highest BCUT2D eigenvalue weighted by atomic mass is 16.4. The van der Waals surface area contributed by atoms with Crippen molar-refractivity contribution in [3.8, 4) is 0 Å². The normalized spacial score (nSPS) is 9.88. The first-order valence-electron chi connectivity index (χ1n) is 5.08. The van der Waals surface area contributed by atoms with E-state index in [-0.39, 0.29) is 12.3 Å². The lowest BCUT2D eigenvalue weighted by molar-refractivity contribution is -0.137. The van der Waals surface area contributed by atoms with Crippen molar-refractivity contribution in [1.29, 1.82) is 0 Å². The van der Waals surface area contributed by atoms with Crippen LogP contribution in [0.3, 0.4) is 0 Å². The van der Waals surface area contributed by atoms with Gasteiger partial charge in [0, 0.05) is 19.0 Å². The van der Waals surface area contributed by atoms with Crippen LogP contribution < -0.4 is 5.32 Å². The van der Waals surface area contributed by atoms with Gasteiger partial charge in [-0.1, -0.05) is 12.1 Å². The highest BCUT2D eigenvalue weighted by Crippen LogP contribution is 2.17. The molecule has 1 rings (SSSR count). The molecule has 4 heteroatoms. The smallest absolute Gasteiger partial charge is 0.303 e. The maximum absolute atomic E-state index is 10.9. The zero-order valence-electron chi connectivity index (χ0n) is 9.41. The Labute approximate surface area is 94.3 Å². The van der Waals surface area contributed by atoms with Crippen molar-refractivity contribution in [1.82, 2.24) is 0 Å². The summed E-state index contributed by atoms with van der Waals surface area (Å²) in [4.78, 5) is 21.4. The van der Waals surface area contributed by atoms with Crippen molar-refractivity contribution in [2.45, 2.75) is 26.7 Å². The van der Waals surface area contributed by atoms with E-state index in [1.807, 2.05) is 25.1 Å². The molecule has 86 valence electrons. The van der Waals surface area contributed by atoms with E-state index in [0.717, 1.165) is 16.8 Å². The van der Waals surface area contributed by atoms with Gasteiger partial charge in [-0.25, -0.2) is 0 Å². The van der Waals surface area contributed by atoms with Gasteiger partial charge in [-0.05, 0) is 30.5 Å². The maximum Gasteiger partial charge on any atom is 0.303 e. The SMILES string of the molecule is CC(=O)Nc1cc(CCC(=O)O)ccc1C. The summed E-state index contributed by atoms with van der Waals surface area (Å²) < 4.78 is 0. The van der Waals surface area contributed by atoms with E-state index >= 15 is 0 Å². The molecular formula is C12H15NO3. The Hall–Kier alpha value is -1.84. The number of benzene rings is 1. The summed E-state index contributed by atoms with van der Waals surface area (Å²) in [6.45, 7) is 3.34. The third-order valence-corrected chi connectivity index (χ3v) is 2.24. The Kier molecular flexibility index (Phi) is 4.05. The van der Waals surface area contributed by atoms with Gasteiger partial charge >= 0.3 is 5.97 Å². The summed E-state index contributed by atoms with van der Waals surface area (Å²) in [6.07, 6.45) is 0.574. The maximum atomic E-state index is 10.9. The van der Waals surface area contributed by atoms with Gasteiger partial charge < -0.3 is 10.4 Å². The Morgan fingerprint density at radius 1 is 1.38 bits per heavy atom. The van der Waals surface area contributed by atoms with Crippen LogP contribution in [0, 0.1) is 6.92 Å². The van der Waals surface area contributed by atoms with Crippen molar-refractivity contribution in [2.24, 2.45) is 0 Å². The van der Waals surface area contributed by atoms with Gasteiger partial charge in [-0.2, -0.15) is 0 Å². The summed E-state index contributed by atoms with van der Waals surface area (Å²) >= 11 is 0. The molecule has 0 saturated carbocycles. The zero-order valence-corrected chi connectivity index (χ0v) is 9.41. The van der Waals surface area contributed by atoms with E-state index in [1.165, 1.54) is 6.92 Å². The number of anilines is 1. The van der Waals surface area contributed by atoms with Gasteiger partial charge in [0.1, 0.15) is 0 Å². The van der Waals surface area contributed by atoms with E-state index in [0.29, 0.717) is 6.42 Å². The molecule has 0 aromatic heterocycles. The molecule has 0 atom stereocenters. The fraction of sp³-hybridized carbons (Fsp3) is 0.333. The first kappa shape index (κ1) is 12.2. The highest BCUT2D eigenvalue weighted by molar-refractivity contribution is 5.89. The number of carboxylic acids is 1. The predicted molar refractivity (Wildman–Crippen MR) is 61.4 cm³/mol. The molecule has 1 amide bonds. The van der Waals surface area contributed by atoms with Crippen LogP contribution in [-0.4, -0.2) is 17.0 Å². The Balaban J connectivity index is 2.80. The monoisotopic (exact) mass is 221 g/mol. The number of nitrogens with one attached hydrogen (secondary N) is 1. The first-order chi connectivity index (χ1) is 7.49. The molecule has 1 aromatic carbocycles. The average Bonchev–Trinajstić information content (AvgIpc) is 2.18. The number of rotatable bonds is 4. The van der Waals surface area contributed by atoms with Crippen LogP contribution in [0.2, 0.25) is 0 Å². The topological polar surface area (TPSA) is 66.4 Å². The molecule has 2 N–H and O–H groups in total. The van der Waals surface area contributed by atoms with E-state index in [4.69, 9.17) is 5.11 Å². The predicted octanol–water partition coefficient (Wildman–Crippen LogP) is 1.97. The van der Waals surface area contributed by atoms with Crippen LogP contribution in [-0.2, 0) is 16.0 Å². The summed E-state index contributed by atoms with van der Waals surface area (Å²) in [5.74, 6) is -0.944. The molecule has 16 heavy (non-hydrogen) atoms. The van der Waals surface area contributed by atoms with E-state index in [9.17, 15) is 9.59 Å². The second kappa shape index (κ2) is 5.30. The highest BCUT2D eigenvalue weighted by Gasteiger charge is 2.04. The molecule has 4 nitrogen and oxygen atoms in total. The molecule has 0 heterocycles. The summed E-state index contributed by atoms with van der Waals surface area (Å²) in [5, 5.41) is 11.3. The number of hydrogen-bond acceptors (Lipinski definition) is 2. The lowest BCUT2D eigenvalue weighted by Crippen LogP contribution is -2.07. The number of aliphatic carboxylic acids is 1. The Bertz CT molecular complexity index is 413. The van der Waals surface area contributed by atoms with Crippen LogP contribution in [0.4, 0.5) is 5.69 Å². The molecule has 0 unspecified atom stereocenters. The Morgan fingerprint density at radius 3 is 2.62 bits per heavy atom.